The van der Waals surface area contributed by atoms with Crippen LogP contribution in [-0.2, 0) is 11.2 Å². The zero-order valence-corrected chi connectivity index (χ0v) is 13.1. The molecule has 0 fully saturated rings. The third kappa shape index (κ3) is 5.38. The highest BCUT2D eigenvalue weighted by Gasteiger charge is 2.18. The van der Waals surface area contributed by atoms with Crippen LogP contribution in [0.2, 0.25) is 0 Å². The van der Waals surface area contributed by atoms with Gasteiger partial charge < -0.3 is 15.4 Å². The highest BCUT2D eigenvalue weighted by Crippen LogP contribution is 2.11. The molecule has 0 aliphatic rings. The standard InChI is InChI=1S/C18H21FN2O2/c1-21(11-12-23-16-9-7-15(19)8-10-16)18(22)17(20)13-14-5-3-2-4-6-14/h2-10,17H,11-13,20H2,1H3. The first-order valence-electron chi connectivity index (χ1n) is 7.49. The Bertz CT molecular complexity index is 617. The lowest BCUT2D eigenvalue weighted by molar-refractivity contribution is -0.131. The third-order valence-corrected chi connectivity index (χ3v) is 3.50. The molecule has 2 aromatic rings. The highest BCUT2D eigenvalue weighted by molar-refractivity contribution is 5.81. The molecule has 0 aliphatic heterocycles. The average molecular weight is 316 g/mol. The van der Waals surface area contributed by atoms with Gasteiger partial charge in [-0.1, -0.05) is 30.3 Å². The molecule has 5 heteroatoms. The number of ether oxygens (including phenoxy) is 1. The average Bonchev–Trinajstić information content (AvgIpc) is 2.56. The number of hydrogen-bond acceptors (Lipinski definition) is 3. The number of benzene rings is 2. The smallest absolute Gasteiger partial charge is 0.239 e. The molecule has 0 aliphatic carbocycles. The van der Waals surface area contributed by atoms with Crippen molar-refractivity contribution < 1.29 is 13.9 Å². The quantitative estimate of drug-likeness (QED) is 0.852. The fourth-order valence-electron chi connectivity index (χ4n) is 2.18. The number of nitrogens with two attached hydrogens (primary N) is 1. The lowest BCUT2D eigenvalue weighted by Crippen LogP contribution is -2.44. The lowest BCUT2D eigenvalue weighted by Gasteiger charge is -2.21. The summed E-state index contributed by atoms with van der Waals surface area (Å²) in [5.74, 6) is 0.133. The van der Waals surface area contributed by atoms with Gasteiger partial charge in [0.1, 0.15) is 18.2 Å². The van der Waals surface area contributed by atoms with Gasteiger partial charge in [-0.3, -0.25) is 4.79 Å². The summed E-state index contributed by atoms with van der Waals surface area (Å²) < 4.78 is 18.3. The molecule has 0 aromatic heterocycles. The van der Waals surface area contributed by atoms with Crippen LogP contribution in [0.1, 0.15) is 5.56 Å². The molecular weight excluding hydrogens is 295 g/mol. The molecule has 122 valence electrons. The predicted molar refractivity (Wildman–Crippen MR) is 87.7 cm³/mol. The van der Waals surface area contributed by atoms with E-state index in [-0.39, 0.29) is 11.7 Å². The molecule has 0 heterocycles. The first-order valence-corrected chi connectivity index (χ1v) is 7.49. The molecule has 0 spiro atoms. The molecule has 0 saturated heterocycles. The van der Waals surface area contributed by atoms with Gasteiger partial charge in [0.2, 0.25) is 5.91 Å². The van der Waals surface area contributed by atoms with Gasteiger partial charge >= 0.3 is 0 Å². The number of amides is 1. The van der Waals surface area contributed by atoms with Crippen LogP contribution in [-0.4, -0.2) is 37.0 Å². The van der Waals surface area contributed by atoms with Gasteiger partial charge in [0.25, 0.3) is 0 Å². The summed E-state index contributed by atoms with van der Waals surface area (Å²) >= 11 is 0. The minimum absolute atomic E-state index is 0.128. The summed E-state index contributed by atoms with van der Waals surface area (Å²) in [7, 11) is 1.70. The van der Waals surface area contributed by atoms with E-state index in [9.17, 15) is 9.18 Å². The van der Waals surface area contributed by atoms with Crippen molar-refractivity contribution in [3.05, 3.63) is 66.0 Å². The number of halogens is 1. The van der Waals surface area contributed by atoms with Crippen LogP contribution in [0.5, 0.6) is 5.75 Å². The van der Waals surface area contributed by atoms with Crippen molar-refractivity contribution in [2.45, 2.75) is 12.5 Å². The van der Waals surface area contributed by atoms with Gasteiger partial charge in [-0.05, 0) is 36.2 Å². The van der Waals surface area contributed by atoms with E-state index in [2.05, 4.69) is 0 Å². The molecule has 1 atom stereocenters. The van der Waals surface area contributed by atoms with Crippen molar-refractivity contribution in [1.82, 2.24) is 4.90 Å². The summed E-state index contributed by atoms with van der Waals surface area (Å²) in [5, 5.41) is 0. The van der Waals surface area contributed by atoms with Crippen molar-refractivity contribution in [3.63, 3.8) is 0 Å². The Morgan fingerprint density at radius 2 is 1.83 bits per heavy atom. The summed E-state index contributed by atoms with van der Waals surface area (Å²) in [6.07, 6.45) is 0.503. The van der Waals surface area contributed by atoms with E-state index in [0.717, 1.165) is 5.56 Å². The Morgan fingerprint density at radius 3 is 2.48 bits per heavy atom. The third-order valence-electron chi connectivity index (χ3n) is 3.50. The Kier molecular flexibility index (Phi) is 6.11. The summed E-state index contributed by atoms with van der Waals surface area (Å²) in [6, 6.07) is 14.9. The second-order valence-corrected chi connectivity index (χ2v) is 5.36. The number of likely N-dealkylation sites (N-methyl/N-ethyl adjacent to an activating group) is 1. The molecule has 0 radical (unpaired) electrons. The maximum absolute atomic E-state index is 12.8. The maximum Gasteiger partial charge on any atom is 0.239 e. The minimum atomic E-state index is -0.576. The number of rotatable bonds is 7. The van der Waals surface area contributed by atoms with Gasteiger partial charge in [-0.15, -0.1) is 0 Å². The second kappa shape index (κ2) is 8.29. The van der Waals surface area contributed by atoms with Crippen LogP contribution in [0.15, 0.2) is 54.6 Å². The Balaban J connectivity index is 1.76. The summed E-state index contributed by atoms with van der Waals surface area (Å²) in [6.45, 7) is 0.741. The molecule has 2 rings (SSSR count). The minimum Gasteiger partial charge on any atom is -0.492 e. The molecule has 1 unspecified atom stereocenters. The van der Waals surface area contributed by atoms with E-state index in [4.69, 9.17) is 10.5 Å². The monoisotopic (exact) mass is 316 g/mol. The zero-order valence-electron chi connectivity index (χ0n) is 13.1. The van der Waals surface area contributed by atoms with Crippen LogP contribution >= 0.6 is 0 Å². The van der Waals surface area contributed by atoms with Crippen LogP contribution in [0, 0.1) is 5.82 Å². The predicted octanol–water partition coefficient (Wildman–Crippen LogP) is 2.23. The van der Waals surface area contributed by atoms with Crippen LogP contribution in [0.25, 0.3) is 0 Å². The van der Waals surface area contributed by atoms with E-state index in [1.165, 1.54) is 12.1 Å². The van der Waals surface area contributed by atoms with Crippen molar-refractivity contribution in [3.8, 4) is 5.75 Å². The molecule has 4 nitrogen and oxygen atoms in total. The number of carbonyl (C=O) groups is 1. The summed E-state index contributed by atoms with van der Waals surface area (Å²) in [4.78, 5) is 13.8. The Morgan fingerprint density at radius 1 is 1.17 bits per heavy atom. The number of hydrogen-bond donors (Lipinski definition) is 1. The molecule has 0 bridgehead atoms. The van der Waals surface area contributed by atoms with E-state index in [1.54, 1.807) is 24.1 Å². The second-order valence-electron chi connectivity index (χ2n) is 5.36. The van der Waals surface area contributed by atoms with Crippen LogP contribution in [0.3, 0.4) is 0 Å². The largest absolute Gasteiger partial charge is 0.492 e. The van der Waals surface area contributed by atoms with Gasteiger partial charge in [0.15, 0.2) is 0 Å². The van der Waals surface area contributed by atoms with E-state index < -0.39 is 6.04 Å². The van der Waals surface area contributed by atoms with Gasteiger partial charge in [-0.2, -0.15) is 0 Å². The van der Waals surface area contributed by atoms with E-state index in [0.29, 0.717) is 25.3 Å². The van der Waals surface area contributed by atoms with Gasteiger partial charge in [0, 0.05) is 7.05 Å². The molecule has 0 saturated carbocycles. The lowest BCUT2D eigenvalue weighted by atomic mass is 10.1. The SMILES string of the molecule is CN(CCOc1ccc(F)cc1)C(=O)C(N)Cc1ccccc1. The fraction of sp³-hybridized carbons (Fsp3) is 0.278. The first kappa shape index (κ1) is 17.0. The van der Waals surface area contributed by atoms with Crippen molar-refractivity contribution in [2.75, 3.05) is 20.2 Å². The van der Waals surface area contributed by atoms with E-state index in [1.807, 2.05) is 30.3 Å². The van der Waals surface area contributed by atoms with Gasteiger partial charge in [-0.25, -0.2) is 4.39 Å². The van der Waals surface area contributed by atoms with Crippen molar-refractivity contribution >= 4 is 5.91 Å². The molecule has 2 N–H and O–H groups in total. The Labute approximate surface area is 135 Å². The zero-order chi connectivity index (χ0) is 16.7. The maximum atomic E-state index is 12.8. The van der Waals surface area contributed by atoms with Gasteiger partial charge in [0.05, 0.1) is 12.6 Å². The highest BCUT2D eigenvalue weighted by atomic mass is 19.1. The van der Waals surface area contributed by atoms with Crippen LogP contribution in [0.4, 0.5) is 4.39 Å². The fourth-order valence-corrected chi connectivity index (χ4v) is 2.18. The first-order chi connectivity index (χ1) is 11.1. The topological polar surface area (TPSA) is 55.6 Å². The Hall–Kier alpha value is -2.40. The summed E-state index contributed by atoms with van der Waals surface area (Å²) in [5.41, 5.74) is 7.01. The normalized spacial score (nSPS) is 11.8. The van der Waals surface area contributed by atoms with Crippen molar-refractivity contribution in [1.29, 1.82) is 0 Å². The molecular formula is C18H21FN2O2. The molecule has 23 heavy (non-hydrogen) atoms. The van der Waals surface area contributed by atoms with Crippen molar-refractivity contribution in [2.24, 2.45) is 5.73 Å². The number of nitrogens with zero attached hydrogens (tertiary/aromatic N) is 1. The molecule has 2 aromatic carbocycles. The van der Waals surface area contributed by atoms with E-state index >= 15 is 0 Å². The molecule has 1 amide bonds. The number of carbonyl (C=O) groups excluding carboxylic acids is 1. The van der Waals surface area contributed by atoms with Crippen LogP contribution < -0.4 is 10.5 Å².